The molecule has 0 bridgehead atoms. The van der Waals surface area contributed by atoms with E-state index in [0.717, 1.165) is 26.2 Å². The first-order chi connectivity index (χ1) is 7.00. The molecule has 2 heterocycles. The number of urea groups is 1. The van der Waals surface area contributed by atoms with E-state index in [1.54, 1.807) is 0 Å². The van der Waals surface area contributed by atoms with Crippen molar-refractivity contribution in [2.24, 2.45) is 11.3 Å². The fraction of sp³-hybridized carbons (Fsp3) is 0.917. The molecule has 0 aromatic carbocycles. The summed E-state index contributed by atoms with van der Waals surface area (Å²) in [5.74, 6) is 0.615. The van der Waals surface area contributed by atoms with Gasteiger partial charge in [-0.05, 0) is 24.2 Å². The summed E-state index contributed by atoms with van der Waals surface area (Å²) in [7, 11) is 0. The molecule has 2 aliphatic rings. The first-order valence-electron chi connectivity index (χ1n) is 6.04. The number of hydrogen-bond donors (Lipinski definition) is 0. The Morgan fingerprint density at radius 2 is 1.80 bits per heavy atom. The van der Waals surface area contributed by atoms with Gasteiger partial charge in [-0.2, -0.15) is 0 Å². The summed E-state index contributed by atoms with van der Waals surface area (Å²) in [5.41, 5.74) is 0.287. The normalized spacial score (nSPS) is 29.9. The van der Waals surface area contributed by atoms with Gasteiger partial charge in [-0.1, -0.05) is 20.8 Å². The molecular weight excluding hydrogens is 188 g/mol. The standard InChI is InChI=1S/C12H22N2O/c1-10-8-14(9-12(10,2)3)11(15)13-6-4-5-7-13/h10H,4-9H2,1-3H3. The van der Waals surface area contributed by atoms with E-state index in [9.17, 15) is 4.79 Å². The third-order valence-electron chi connectivity index (χ3n) is 4.07. The molecule has 0 aromatic heterocycles. The van der Waals surface area contributed by atoms with Gasteiger partial charge in [-0.25, -0.2) is 4.79 Å². The SMILES string of the molecule is CC1CN(C(=O)N2CCCC2)CC1(C)C. The van der Waals surface area contributed by atoms with E-state index in [-0.39, 0.29) is 11.4 Å². The van der Waals surface area contributed by atoms with Gasteiger partial charge >= 0.3 is 6.03 Å². The Morgan fingerprint density at radius 3 is 2.27 bits per heavy atom. The Labute approximate surface area is 92.4 Å². The van der Waals surface area contributed by atoms with Crippen LogP contribution in [0.5, 0.6) is 0 Å². The predicted octanol–water partition coefficient (Wildman–Crippen LogP) is 2.18. The van der Waals surface area contributed by atoms with Crippen LogP contribution in [0.3, 0.4) is 0 Å². The number of carbonyl (C=O) groups excluding carboxylic acids is 1. The van der Waals surface area contributed by atoms with Crippen LogP contribution in [0, 0.1) is 11.3 Å². The van der Waals surface area contributed by atoms with Crippen molar-refractivity contribution in [2.45, 2.75) is 33.6 Å². The van der Waals surface area contributed by atoms with Crippen molar-refractivity contribution in [3.63, 3.8) is 0 Å². The maximum absolute atomic E-state index is 12.1. The largest absolute Gasteiger partial charge is 0.325 e. The van der Waals surface area contributed by atoms with Crippen LogP contribution in [0.25, 0.3) is 0 Å². The van der Waals surface area contributed by atoms with Crippen molar-refractivity contribution >= 4 is 6.03 Å². The Kier molecular flexibility index (Phi) is 2.65. The first kappa shape index (κ1) is 10.8. The van der Waals surface area contributed by atoms with Crippen LogP contribution in [0.1, 0.15) is 33.6 Å². The number of likely N-dealkylation sites (tertiary alicyclic amines) is 2. The average molecular weight is 210 g/mol. The molecule has 0 aromatic rings. The van der Waals surface area contributed by atoms with Gasteiger partial charge in [0.15, 0.2) is 0 Å². The second-order valence-electron chi connectivity index (χ2n) is 5.75. The third kappa shape index (κ3) is 1.97. The molecule has 3 nitrogen and oxygen atoms in total. The fourth-order valence-electron chi connectivity index (χ4n) is 2.54. The molecule has 0 aliphatic carbocycles. The van der Waals surface area contributed by atoms with Crippen molar-refractivity contribution < 1.29 is 4.79 Å². The molecule has 0 N–H and O–H groups in total. The minimum atomic E-state index is 0.268. The zero-order valence-corrected chi connectivity index (χ0v) is 10.1. The second-order valence-corrected chi connectivity index (χ2v) is 5.75. The van der Waals surface area contributed by atoms with Crippen LogP contribution in [-0.4, -0.2) is 42.0 Å². The molecule has 1 unspecified atom stereocenters. The molecule has 2 saturated heterocycles. The fourth-order valence-corrected chi connectivity index (χ4v) is 2.54. The topological polar surface area (TPSA) is 23.6 Å². The summed E-state index contributed by atoms with van der Waals surface area (Å²) < 4.78 is 0. The Hall–Kier alpha value is -0.730. The first-order valence-corrected chi connectivity index (χ1v) is 6.04. The van der Waals surface area contributed by atoms with Crippen LogP contribution in [0.4, 0.5) is 4.79 Å². The molecule has 0 saturated carbocycles. The van der Waals surface area contributed by atoms with Gasteiger partial charge in [0.2, 0.25) is 0 Å². The summed E-state index contributed by atoms with van der Waals surface area (Å²) in [5, 5.41) is 0. The Morgan fingerprint density at radius 1 is 1.20 bits per heavy atom. The second kappa shape index (κ2) is 3.69. The molecule has 15 heavy (non-hydrogen) atoms. The van der Waals surface area contributed by atoms with Crippen LogP contribution in [0.2, 0.25) is 0 Å². The van der Waals surface area contributed by atoms with Gasteiger partial charge < -0.3 is 9.80 Å². The van der Waals surface area contributed by atoms with Gasteiger partial charge in [0.25, 0.3) is 0 Å². The maximum Gasteiger partial charge on any atom is 0.320 e. The zero-order chi connectivity index (χ0) is 11.1. The number of nitrogens with zero attached hydrogens (tertiary/aromatic N) is 2. The molecule has 2 fully saturated rings. The lowest BCUT2D eigenvalue weighted by Crippen LogP contribution is -2.41. The molecule has 2 amide bonds. The van der Waals surface area contributed by atoms with E-state index in [1.807, 2.05) is 9.80 Å². The smallest absolute Gasteiger partial charge is 0.320 e. The summed E-state index contributed by atoms with van der Waals surface area (Å²) in [4.78, 5) is 16.2. The van der Waals surface area contributed by atoms with Gasteiger partial charge in [-0.3, -0.25) is 0 Å². The van der Waals surface area contributed by atoms with Crippen LogP contribution >= 0.6 is 0 Å². The van der Waals surface area contributed by atoms with Crippen LogP contribution in [-0.2, 0) is 0 Å². The summed E-state index contributed by atoms with van der Waals surface area (Å²) in [6.07, 6.45) is 2.36. The van der Waals surface area contributed by atoms with Gasteiger partial charge in [0, 0.05) is 26.2 Å². The predicted molar refractivity (Wildman–Crippen MR) is 60.7 cm³/mol. The Balaban J connectivity index is 1.98. The zero-order valence-electron chi connectivity index (χ0n) is 10.1. The lowest BCUT2D eigenvalue weighted by molar-refractivity contribution is 0.168. The van der Waals surface area contributed by atoms with Crippen LogP contribution < -0.4 is 0 Å². The minimum Gasteiger partial charge on any atom is -0.325 e. The molecule has 86 valence electrons. The average Bonchev–Trinajstić information content (AvgIpc) is 2.74. The lowest BCUT2D eigenvalue weighted by Gasteiger charge is -2.25. The highest BCUT2D eigenvalue weighted by Crippen LogP contribution is 2.35. The molecule has 0 radical (unpaired) electrons. The molecule has 1 atom stereocenters. The molecular formula is C12H22N2O. The van der Waals surface area contributed by atoms with E-state index in [2.05, 4.69) is 20.8 Å². The van der Waals surface area contributed by atoms with Crippen molar-refractivity contribution in [1.82, 2.24) is 9.80 Å². The van der Waals surface area contributed by atoms with E-state index < -0.39 is 0 Å². The van der Waals surface area contributed by atoms with Crippen molar-refractivity contribution in [1.29, 1.82) is 0 Å². The lowest BCUT2D eigenvalue weighted by atomic mass is 9.84. The minimum absolute atomic E-state index is 0.268. The molecule has 0 spiro atoms. The van der Waals surface area contributed by atoms with Crippen molar-refractivity contribution in [3.8, 4) is 0 Å². The monoisotopic (exact) mass is 210 g/mol. The highest BCUT2D eigenvalue weighted by atomic mass is 16.2. The van der Waals surface area contributed by atoms with E-state index in [1.165, 1.54) is 12.8 Å². The summed E-state index contributed by atoms with van der Waals surface area (Å²) in [6.45, 7) is 10.5. The molecule has 3 heteroatoms. The van der Waals surface area contributed by atoms with E-state index in [0.29, 0.717) is 5.92 Å². The highest BCUT2D eigenvalue weighted by molar-refractivity contribution is 5.75. The third-order valence-corrected chi connectivity index (χ3v) is 4.07. The highest BCUT2D eigenvalue weighted by Gasteiger charge is 2.39. The number of carbonyl (C=O) groups is 1. The molecule has 2 rings (SSSR count). The van der Waals surface area contributed by atoms with Gasteiger partial charge in [0.1, 0.15) is 0 Å². The van der Waals surface area contributed by atoms with Gasteiger partial charge in [0.05, 0.1) is 0 Å². The summed E-state index contributed by atoms with van der Waals surface area (Å²) in [6, 6.07) is 0.268. The Bertz CT molecular complexity index is 256. The number of rotatable bonds is 0. The number of amides is 2. The van der Waals surface area contributed by atoms with Crippen molar-refractivity contribution in [3.05, 3.63) is 0 Å². The molecule has 2 aliphatic heterocycles. The van der Waals surface area contributed by atoms with Crippen LogP contribution in [0.15, 0.2) is 0 Å². The van der Waals surface area contributed by atoms with E-state index >= 15 is 0 Å². The number of hydrogen-bond acceptors (Lipinski definition) is 1. The maximum atomic E-state index is 12.1. The van der Waals surface area contributed by atoms with E-state index in [4.69, 9.17) is 0 Å². The summed E-state index contributed by atoms with van der Waals surface area (Å²) >= 11 is 0. The quantitative estimate of drug-likeness (QED) is 0.601. The van der Waals surface area contributed by atoms with Crippen molar-refractivity contribution in [2.75, 3.05) is 26.2 Å². The van der Waals surface area contributed by atoms with Gasteiger partial charge in [-0.15, -0.1) is 0 Å².